The van der Waals surface area contributed by atoms with Crippen LogP contribution in [0.3, 0.4) is 0 Å². The first-order valence-corrected chi connectivity index (χ1v) is 8.56. The number of aromatic nitrogens is 3. The summed E-state index contributed by atoms with van der Waals surface area (Å²) in [5, 5.41) is 1.10. The van der Waals surface area contributed by atoms with Crippen molar-refractivity contribution >= 4 is 32.7 Å². The SMILES string of the molecule is O=C(Cc1c[nH]c2ccc(Br)cc12)N1CCCC1c1ncc[nH]1. The standard InChI is InChI=1S/C17H17BrN4O/c18-12-3-4-14-13(9-12)11(10-21-14)8-16(23)22-7-1-2-15(22)17-19-5-6-20-17/h3-6,9-10,15,21H,1-2,7-8H2,(H,19,20). The summed E-state index contributed by atoms with van der Waals surface area (Å²) in [7, 11) is 0. The molecule has 1 unspecified atom stereocenters. The molecule has 2 N–H and O–H groups in total. The maximum Gasteiger partial charge on any atom is 0.227 e. The van der Waals surface area contributed by atoms with Gasteiger partial charge in [0.2, 0.25) is 5.91 Å². The highest BCUT2D eigenvalue weighted by Gasteiger charge is 2.31. The number of fused-ring (bicyclic) bond motifs is 1. The molecule has 0 saturated carbocycles. The highest BCUT2D eigenvalue weighted by Crippen LogP contribution is 2.31. The van der Waals surface area contributed by atoms with Crippen molar-refractivity contribution in [2.75, 3.05) is 6.54 Å². The van der Waals surface area contributed by atoms with E-state index in [1.165, 1.54) is 0 Å². The summed E-state index contributed by atoms with van der Waals surface area (Å²) in [6.07, 6.45) is 7.90. The number of carbonyl (C=O) groups is 1. The summed E-state index contributed by atoms with van der Waals surface area (Å²) in [6.45, 7) is 0.802. The molecule has 1 aromatic carbocycles. The van der Waals surface area contributed by atoms with Gasteiger partial charge in [0.25, 0.3) is 0 Å². The second-order valence-corrected chi connectivity index (χ2v) is 6.82. The summed E-state index contributed by atoms with van der Waals surface area (Å²) in [6, 6.07) is 6.16. The van der Waals surface area contributed by atoms with Gasteiger partial charge in [0, 0.05) is 40.5 Å². The number of imidazole rings is 1. The molecule has 0 bridgehead atoms. The summed E-state index contributed by atoms with van der Waals surface area (Å²) in [5.74, 6) is 1.04. The largest absolute Gasteiger partial charge is 0.361 e. The molecule has 1 fully saturated rings. The first-order valence-electron chi connectivity index (χ1n) is 7.76. The Morgan fingerprint density at radius 3 is 3.13 bits per heavy atom. The van der Waals surface area contributed by atoms with Crippen LogP contribution in [-0.2, 0) is 11.2 Å². The van der Waals surface area contributed by atoms with Gasteiger partial charge in [0.15, 0.2) is 0 Å². The molecule has 4 rings (SSSR count). The number of aromatic amines is 2. The van der Waals surface area contributed by atoms with E-state index in [1.807, 2.05) is 29.4 Å². The van der Waals surface area contributed by atoms with Gasteiger partial charge in [-0.05, 0) is 36.6 Å². The van der Waals surface area contributed by atoms with E-state index in [4.69, 9.17) is 0 Å². The molecule has 3 aromatic rings. The quantitative estimate of drug-likeness (QED) is 0.737. The molecule has 1 aliphatic rings. The van der Waals surface area contributed by atoms with Crippen LogP contribution < -0.4 is 0 Å². The lowest BCUT2D eigenvalue weighted by Crippen LogP contribution is -2.32. The molecule has 1 saturated heterocycles. The molecule has 0 radical (unpaired) electrons. The van der Waals surface area contributed by atoms with Crippen LogP contribution >= 0.6 is 15.9 Å². The average Bonchev–Trinajstić information content (AvgIpc) is 3.27. The smallest absolute Gasteiger partial charge is 0.227 e. The summed E-state index contributed by atoms with van der Waals surface area (Å²) in [5.41, 5.74) is 2.09. The van der Waals surface area contributed by atoms with Gasteiger partial charge in [-0.25, -0.2) is 4.98 Å². The summed E-state index contributed by atoms with van der Waals surface area (Å²) >= 11 is 3.50. The van der Waals surface area contributed by atoms with Gasteiger partial charge in [-0.2, -0.15) is 0 Å². The van der Waals surface area contributed by atoms with Crippen LogP contribution in [0.5, 0.6) is 0 Å². The fourth-order valence-corrected chi connectivity index (χ4v) is 3.73. The Bertz CT molecular complexity index is 840. The molecule has 118 valence electrons. The first kappa shape index (κ1) is 14.5. The van der Waals surface area contributed by atoms with E-state index in [0.717, 1.165) is 46.1 Å². The van der Waals surface area contributed by atoms with E-state index in [9.17, 15) is 4.79 Å². The third kappa shape index (κ3) is 2.67. The minimum absolute atomic E-state index is 0.0782. The number of rotatable bonds is 3. The van der Waals surface area contributed by atoms with E-state index < -0.39 is 0 Å². The molecule has 2 aromatic heterocycles. The predicted molar refractivity (Wildman–Crippen MR) is 92.0 cm³/mol. The van der Waals surface area contributed by atoms with E-state index >= 15 is 0 Å². The van der Waals surface area contributed by atoms with Gasteiger partial charge < -0.3 is 14.9 Å². The van der Waals surface area contributed by atoms with Gasteiger partial charge in [-0.3, -0.25) is 4.79 Å². The van der Waals surface area contributed by atoms with E-state index in [-0.39, 0.29) is 11.9 Å². The van der Waals surface area contributed by atoms with Crippen LogP contribution in [-0.4, -0.2) is 32.3 Å². The Morgan fingerprint density at radius 2 is 2.30 bits per heavy atom. The zero-order valence-corrected chi connectivity index (χ0v) is 14.1. The third-order valence-corrected chi connectivity index (χ3v) is 4.97. The van der Waals surface area contributed by atoms with Gasteiger partial charge in [-0.15, -0.1) is 0 Å². The normalized spacial score (nSPS) is 18.0. The minimum atomic E-state index is 0.0782. The second-order valence-electron chi connectivity index (χ2n) is 5.90. The number of carbonyl (C=O) groups excluding carboxylic acids is 1. The lowest BCUT2D eigenvalue weighted by atomic mass is 10.1. The Morgan fingerprint density at radius 1 is 1.39 bits per heavy atom. The van der Waals surface area contributed by atoms with Gasteiger partial charge in [0.1, 0.15) is 5.82 Å². The molecule has 23 heavy (non-hydrogen) atoms. The number of nitrogens with one attached hydrogen (secondary N) is 2. The minimum Gasteiger partial charge on any atom is -0.361 e. The molecule has 5 nitrogen and oxygen atoms in total. The molecule has 0 spiro atoms. The maximum absolute atomic E-state index is 12.8. The van der Waals surface area contributed by atoms with Crippen molar-refractivity contribution in [1.82, 2.24) is 19.9 Å². The fourth-order valence-electron chi connectivity index (χ4n) is 3.37. The van der Waals surface area contributed by atoms with Crippen LogP contribution in [0.15, 0.2) is 41.3 Å². The summed E-state index contributed by atoms with van der Waals surface area (Å²) in [4.78, 5) is 25.5. The molecule has 3 heterocycles. The van der Waals surface area contributed by atoms with E-state index in [0.29, 0.717) is 6.42 Å². The van der Waals surface area contributed by atoms with Crippen molar-refractivity contribution in [2.45, 2.75) is 25.3 Å². The average molecular weight is 373 g/mol. The van der Waals surface area contributed by atoms with Crippen molar-refractivity contribution in [3.63, 3.8) is 0 Å². The summed E-state index contributed by atoms with van der Waals surface area (Å²) < 4.78 is 1.02. The Balaban J connectivity index is 1.58. The van der Waals surface area contributed by atoms with Gasteiger partial charge in [0.05, 0.1) is 12.5 Å². The number of benzene rings is 1. The number of nitrogens with zero attached hydrogens (tertiary/aromatic N) is 2. The van der Waals surface area contributed by atoms with E-state index in [2.05, 4.69) is 36.9 Å². The molecule has 1 atom stereocenters. The van der Waals surface area contributed by atoms with Crippen LogP contribution in [0.1, 0.15) is 30.3 Å². The number of H-pyrrole nitrogens is 2. The number of likely N-dealkylation sites (tertiary alicyclic amines) is 1. The van der Waals surface area contributed by atoms with Crippen LogP contribution in [0, 0.1) is 0 Å². The number of halogens is 1. The molecular formula is C17H17BrN4O. The molecular weight excluding hydrogens is 356 g/mol. The third-order valence-electron chi connectivity index (χ3n) is 4.48. The van der Waals surface area contributed by atoms with Crippen molar-refractivity contribution in [3.05, 3.63) is 52.7 Å². The Kier molecular flexibility index (Phi) is 3.69. The zero-order valence-electron chi connectivity index (χ0n) is 12.6. The van der Waals surface area contributed by atoms with Crippen LogP contribution in [0.4, 0.5) is 0 Å². The Labute approximate surface area is 142 Å². The highest BCUT2D eigenvalue weighted by molar-refractivity contribution is 9.10. The molecule has 0 aliphatic carbocycles. The topological polar surface area (TPSA) is 64.8 Å². The lowest BCUT2D eigenvalue weighted by Gasteiger charge is -2.23. The van der Waals surface area contributed by atoms with Crippen molar-refractivity contribution in [3.8, 4) is 0 Å². The monoisotopic (exact) mass is 372 g/mol. The fraction of sp³-hybridized carbons (Fsp3) is 0.294. The zero-order chi connectivity index (χ0) is 15.8. The highest BCUT2D eigenvalue weighted by atomic mass is 79.9. The number of hydrogen-bond acceptors (Lipinski definition) is 2. The second kappa shape index (κ2) is 5.85. The molecule has 1 aliphatic heterocycles. The Hall–Kier alpha value is -2.08. The first-order chi connectivity index (χ1) is 11.2. The van der Waals surface area contributed by atoms with Crippen molar-refractivity contribution < 1.29 is 4.79 Å². The lowest BCUT2D eigenvalue weighted by molar-refractivity contribution is -0.131. The van der Waals surface area contributed by atoms with Crippen LogP contribution in [0.25, 0.3) is 10.9 Å². The molecule has 1 amide bonds. The molecule has 6 heteroatoms. The number of amides is 1. The van der Waals surface area contributed by atoms with Gasteiger partial charge >= 0.3 is 0 Å². The maximum atomic E-state index is 12.8. The van der Waals surface area contributed by atoms with Crippen LogP contribution in [0.2, 0.25) is 0 Å². The van der Waals surface area contributed by atoms with Crippen molar-refractivity contribution in [1.29, 1.82) is 0 Å². The van der Waals surface area contributed by atoms with Gasteiger partial charge in [-0.1, -0.05) is 15.9 Å². The van der Waals surface area contributed by atoms with Crippen molar-refractivity contribution in [2.24, 2.45) is 0 Å². The number of hydrogen-bond donors (Lipinski definition) is 2. The predicted octanol–water partition coefficient (Wildman–Crippen LogP) is 3.56. The van der Waals surface area contributed by atoms with E-state index in [1.54, 1.807) is 6.20 Å².